The minimum Gasteiger partial charge on any atom is -0.130 e. The molecule has 0 atom stereocenters. The van der Waals surface area contributed by atoms with E-state index in [1.165, 1.54) is 5.57 Å². The van der Waals surface area contributed by atoms with Crippen molar-refractivity contribution in [2.24, 2.45) is 0 Å². The minimum atomic E-state index is 1.01. The molecule has 0 aliphatic heterocycles. The van der Waals surface area contributed by atoms with E-state index < -0.39 is 0 Å². The van der Waals surface area contributed by atoms with Crippen LogP contribution in [0.2, 0.25) is 0 Å². The second-order valence-electron chi connectivity index (χ2n) is 2.36. The first-order valence-corrected chi connectivity index (χ1v) is 4.85. The second-order valence-corrected chi connectivity index (χ2v) is 3.26. The first-order valence-electron chi connectivity index (χ1n) is 3.80. The summed E-state index contributed by atoms with van der Waals surface area (Å²) >= 11 is 1.80. The van der Waals surface area contributed by atoms with Crippen molar-refractivity contribution in [1.82, 2.24) is 0 Å². The van der Waals surface area contributed by atoms with Gasteiger partial charge >= 0.3 is 0 Å². The largest absolute Gasteiger partial charge is 0.130 e. The normalized spacial score (nSPS) is 12.4. The van der Waals surface area contributed by atoms with Crippen LogP contribution in [0.15, 0.2) is 35.8 Å². The highest BCUT2D eigenvalue weighted by molar-refractivity contribution is 8.02. The molecule has 0 spiro atoms. The van der Waals surface area contributed by atoms with Gasteiger partial charge in [-0.1, -0.05) is 23.8 Å². The van der Waals surface area contributed by atoms with Crippen molar-refractivity contribution in [1.29, 1.82) is 0 Å². The maximum atomic E-state index is 3.66. The fourth-order valence-electron chi connectivity index (χ4n) is 0.610. The van der Waals surface area contributed by atoms with Gasteiger partial charge in [0.2, 0.25) is 0 Å². The zero-order valence-electron chi connectivity index (χ0n) is 7.34. The van der Waals surface area contributed by atoms with Crippen molar-refractivity contribution in [3.05, 3.63) is 35.8 Å². The molecule has 0 aromatic carbocycles. The molecule has 0 radical (unpaired) electrons. The summed E-state index contributed by atoms with van der Waals surface area (Å²) in [6.07, 6.45) is 7.24. The number of hydrogen-bond acceptors (Lipinski definition) is 1. The summed E-state index contributed by atoms with van der Waals surface area (Å²) < 4.78 is 0. The fraction of sp³-hybridized carbons (Fsp3) is 0.400. The van der Waals surface area contributed by atoms with E-state index in [1.807, 2.05) is 13.0 Å². The molecule has 0 aliphatic rings. The van der Waals surface area contributed by atoms with E-state index in [0.29, 0.717) is 0 Å². The van der Waals surface area contributed by atoms with Crippen LogP contribution >= 0.6 is 11.8 Å². The minimum absolute atomic E-state index is 1.01. The molecule has 0 amide bonds. The lowest BCUT2D eigenvalue weighted by Crippen LogP contribution is -1.71. The van der Waals surface area contributed by atoms with E-state index in [2.05, 4.69) is 31.1 Å². The summed E-state index contributed by atoms with van der Waals surface area (Å²) in [5.74, 6) is 1.01. The molecule has 0 N–H and O–H groups in total. The zero-order chi connectivity index (χ0) is 8.53. The number of hydrogen-bond donors (Lipinski definition) is 0. The summed E-state index contributed by atoms with van der Waals surface area (Å²) in [6.45, 7) is 7.85. The molecule has 1 heteroatoms. The molecular formula is C10H16S. The molecule has 0 rings (SSSR count). The Balaban J connectivity index is 3.53. The molecule has 0 nitrogen and oxygen atoms in total. The Kier molecular flexibility index (Phi) is 7.37. The van der Waals surface area contributed by atoms with Crippen LogP contribution in [0.4, 0.5) is 0 Å². The average Bonchev–Trinajstić information content (AvgIpc) is 2.01. The maximum absolute atomic E-state index is 3.66. The third kappa shape index (κ3) is 7.47. The molecular weight excluding hydrogens is 152 g/mol. The highest BCUT2D eigenvalue weighted by Crippen LogP contribution is 2.09. The lowest BCUT2D eigenvalue weighted by atomic mass is 10.2. The summed E-state index contributed by atoms with van der Waals surface area (Å²) in [4.78, 5) is 0. The lowest BCUT2D eigenvalue weighted by molar-refractivity contribution is 1.22. The molecule has 0 unspecified atom stereocenters. The van der Waals surface area contributed by atoms with E-state index in [9.17, 15) is 0 Å². The van der Waals surface area contributed by atoms with Crippen molar-refractivity contribution in [2.75, 3.05) is 5.75 Å². The van der Waals surface area contributed by atoms with Crippen LogP contribution in [0.1, 0.15) is 20.3 Å². The molecule has 0 aromatic heterocycles. The Morgan fingerprint density at radius 2 is 2.27 bits per heavy atom. The van der Waals surface area contributed by atoms with Gasteiger partial charge in [-0.15, -0.1) is 18.3 Å². The van der Waals surface area contributed by atoms with E-state index >= 15 is 0 Å². The van der Waals surface area contributed by atoms with Gasteiger partial charge in [-0.05, 0) is 25.7 Å². The molecule has 0 saturated heterocycles. The van der Waals surface area contributed by atoms with Crippen LogP contribution in [0.3, 0.4) is 0 Å². The van der Waals surface area contributed by atoms with Gasteiger partial charge in [0.25, 0.3) is 0 Å². The van der Waals surface area contributed by atoms with Crippen molar-refractivity contribution in [2.45, 2.75) is 20.3 Å². The number of rotatable bonds is 5. The summed E-state index contributed by atoms with van der Waals surface area (Å²) in [5.41, 5.74) is 1.41. The Bertz CT molecular complexity index is 154. The van der Waals surface area contributed by atoms with Gasteiger partial charge in [-0.3, -0.25) is 0 Å². The smallest absolute Gasteiger partial charge is 0.0152 e. The quantitative estimate of drug-likeness (QED) is 0.445. The van der Waals surface area contributed by atoms with Crippen LogP contribution in [0.25, 0.3) is 0 Å². The van der Waals surface area contributed by atoms with Gasteiger partial charge in [0.1, 0.15) is 0 Å². The third-order valence-corrected chi connectivity index (χ3v) is 2.17. The summed E-state index contributed by atoms with van der Waals surface area (Å²) in [7, 11) is 0. The standard InChI is InChI=1S/C10H16S/c1-4-6-7-10(3)9-11-8-5-2/h4-6,9H,2,7-8H2,1,3H3/b6-4-,10-9-. The predicted octanol–water partition coefficient (Wildman–Crippen LogP) is 3.78. The Hall–Kier alpha value is -0.430. The molecule has 0 saturated carbocycles. The monoisotopic (exact) mass is 168 g/mol. The van der Waals surface area contributed by atoms with E-state index in [-0.39, 0.29) is 0 Å². The van der Waals surface area contributed by atoms with Crippen LogP contribution in [0, 0.1) is 0 Å². The second kappa shape index (κ2) is 7.67. The van der Waals surface area contributed by atoms with Crippen LogP contribution in [-0.2, 0) is 0 Å². The fourth-order valence-corrected chi connectivity index (χ4v) is 1.22. The van der Waals surface area contributed by atoms with Gasteiger partial charge in [0.15, 0.2) is 0 Å². The molecule has 0 aromatic rings. The van der Waals surface area contributed by atoms with Gasteiger partial charge in [-0.25, -0.2) is 0 Å². The lowest BCUT2D eigenvalue weighted by Gasteiger charge is -1.93. The van der Waals surface area contributed by atoms with Gasteiger partial charge in [0, 0.05) is 5.75 Å². The number of allylic oxidation sites excluding steroid dienone is 3. The zero-order valence-corrected chi connectivity index (χ0v) is 8.16. The Morgan fingerprint density at radius 1 is 1.55 bits per heavy atom. The highest BCUT2D eigenvalue weighted by Gasteiger charge is 1.83. The van der Waals surface area contributed by atoms with E-state index in [4.69, 9.17) is 0 Å². The topological polar surface area (TPSA) is 0 Å². The van der Waals surface area contributed by atoms with Gasteiger partial charge in [0.05, 0.1) is 0 Å². The molecule has 0 heterocycles. The van der Waals surface area contributed by atoms with Crippen LogP contribution in [0.5, 0.6) is 0 Å². The van der Waals surface area contributed by atoms with Crippen LogP contribution in [-0.4, -0.2) is 5.75 Å². The predicted molar refractivity (Wildman–Crippen MR) is 55.8 cm³/mol. The number of thioether (sulfide) groups is 1. The average molecular weight is 168 g/mol. The first-order chi connectivity index (χ1) is 5.31. The van der Waals surface area contributed by atoms with Gasteiger partial charge in [-0.2, -0.15) is 0 Å². The third-order valence-electron chi connectivity index (χ3n) is 1.17. The highest BCUT2D eigenvalue weighted by atomic mass is 32.2. The van der Waals surface area contributed by atoms with Crippen molar-refractivity contribution in [3.63, 3.8) is 0 Å². The van der Waals surface area contributed by atoms with E-state index in [0.717, 1.165) is 12.2 Å². The molecule has 0 aliphatic carbocycles. The van der Waals surface area contributed by atoms with Crippen LogP contribution < -0.4 is 0 Å². The summed E-state index contributed by atoms with van der Waals surface area (Å²) in [5, 5.41) is 2.20. The Labute approximate surface area is 74.1 Å². The van der Waals surface area contributed by atoms with Crippen molar-refractivity contribution < 1.29 is 0 Å². The molecule has 0 fully saturated rings. The van der Waals surface area contributed by atoms with Crippen molar-refractivity contribution in [3.8, 4) is 0 Å². The van der Waals surface area contributed by atoms with Crippen molar-refractivity contribution >= 4 is 11.8 Å². The SMILES string of the molecule is C=CCS/C=C(/C)C/C=C\C. The molecule has 0 bridgehead atoms. The van der Waals surface area contributed by atoms with Gasteiger partial charge < -0.3 is 0 Å². The first kappa shape index (κ1) is 10.6. The maximum Gasteiger partial charge on any atom is 0.0152 e. The summed E-state index contributed by atoms with van der Waals surface area (Å²) in [6, 6.07) is 0. The molecule has 62 valence electrons. The van der Waals surface area contributed by atoms with E-state index in [1.54, 1.807) is 11.8 Å². The molecule has 11 heavy (non-hydrogen) atoms. The Morgan fingerprint density at radius 3 is 2.82 bits per heavy atom.